The summed E-state index contributed by atoms with van der Waals surface area (Å²) >= 11 is 0. The maximum Gasteiger partial charge on any atom is 0.407 e. The number of rotatable bonds is 8. The van der Waals surface area contributed by atoms with Crippen LogP contribution in [0.25, 0.3) is 22.3 Å². The van der Waals surface area contributed by atoms with Gasteiger partial charge in [-0.3, -0.25) is 9.59 Å². The highest BCUT2D eigenvalue weighted by Crippen LogP contribution is 2.59. The number of imidazole rings is 2. The molecule has 12 heteroatoms. The number of carbonyl (C=O) groups is 3. The monoisotopic (exact) mass is 745 g/mol. The Bertz CT molecular complexity index is 2200. The molecule has 288 valence electrons. The molecule has 3 N–H and O–H groups in total. The van der Waals surface area contributed by atoms with Crippen molar-refractivity contribution in [2.45, 2.75) is 91.3 Å². The van der Waals surface area contributed by atoms with Gasteiger partial charge in [0.25, 0.3) is 0 Å². The Balaban J connectivity index is 0.976. The third-order valence-corrected chi connectivity index (χ3v) is 12.6. The largest absolute Gasteiger partial charge is 0.453 e. The SMILES string of the molecule is COC(=O)N[C@H](C(=O)N1CC2(CC2)C[C@H]1c1nc(-c2ccc(C#Cc3ccc4nc([C@@H]5CC6(CC6)CN5C(=O)[C@@H](C)C(C)C)[nH]c4c3)cc2)cn1O)C(C)C. The van der Waals surface area contributed by atoms with E-state index < -0.39 is 18.2 Å². The van der Waals surface area contributed by atoms with Crippen LogP contribution in [0.5, 0.6) is 0 Å². The smallest absolute Gasteiger partial charge is 0.407 e. The van der Waals surface area contributed by atoms with Gasteiger partial charge >= 0.3 is 6.09 Å². The highest BCUT2D eigenvalue weighted by Gasteiger charge is 2.56. The first kappa shape index (κ1) is 36.7. The molecule has 0 radical (unpaired) electrons. The number of alkyl carbamates (subject to hydrolysis) is 1. The van der Waals surface area contributed by atoms with E-state index in [1.54, 1.807) is 11.1 Å². The number of nitrogens with one attached hydrogen (secondary N) is 2. The Morgan fingerprint density at radius 3 is 2.09 bits per heavy atom. The van der Waals surface area contributed by atoms with Crippen molar-refractivity contribution < 1.29 is 24.3 Å². The van der Waals surface area contributed by atoms with Crippen molar-refractivity contribution in [3.63, 3.8) is 0 Å². The molecule has 4 atom stereocenters. The van der Waals surface area contributed by atoms with Crippen LogP contribution < -0.4 is 5.32 Å². The van der Waals surface area contributed by atoms with Gasteiger partial charge in [-0.15, -0.1) is 0 Å². The van der Waals surface area contributed by atoms with Gasteiger partial charge in [0, 0.05) is 35.7 Å². The minimum Gasteiger partial charge on any atom is -0.453 e. The summed E-state index contributed by atoms with van der Waals surface area (Å²) in [5, 5.41) is 13.8. The summed E-state index contributed by atoms with van der Waals surface area (Å²) in [7, 11) is 1.28. The number of H-pyrrole nitrogens is 1. The summed E-state index contributed by atoms with van der Waals surface area (Å²) in [5.74, 6) is 7.92. The molecule has 0 bridgehead atoms. The predicted molar refractivity (Wildman–Crippen MR) is 207 cm³/mol. The lowest BCUT2D eigenvalue weighted by Crippen LogP contribution is -2.51. The van der Waals surface area contributed by atoms with E-state index >= 15 is 0 Å². The fraction of sp³-hybridized carbons (Fsp3) is 0.512. The lowest BCUT2D eigenvalue weighted by molar-refractivity contribution is -0.137. The number of hydrogen-bond donors (Lipinski definition) is 3. The van der Waals surface area contributed by atoms with Gasteiger partial charge in [-0.05, 0) is 91.5 Å². The van der Waals surface area contributed by atoms with Crippen LogP contribution in [-0.2, 0) is 14.3 Å². The number of methoxy groups -OCH3 is 1. The minimum atomic E-state index is -0.758. The zero-order chi connectivity index (χ0) is 38.8. The van der Waals surface area contributed by atoms with Gasteiger partial charge in [0.2, 0.25) is 11.8 Å². The highest BCUT2D eigenvalue weighted by atomic mass is 16.5. The number of amides is 3. The summed E-state index contributed by atoms with van der Waals surface area (Å²) in [6.07, 6.45) is 6.97. The second kappa shape index (κ2) is 13.8. The number of likely N-dealkylation sites (tertiary alicyclic amines) is 2. The molecule has 2 saturated carbocycles. The molecule has 4 aromatic rings. The summed E-state index contributed by atoms with van der Waals surface area (Å²) in [6, 6.07) is 12.5. The molecule has 0 unspecified atom stereocenters. The van der Waals surface area contributed by atoms with E-state index in [0.717, 1.165) is 64.1 Å². The average molecular weight is 746 g/mol. The zero-order valence-corrected chi connectivity index (χ0v) is 32.6. The Labute approximate surface area is 322 Å². The van der Waals surface area contributed by atoms with Crippen LogP contribution in [0.2, 0.25) is 0 Å². The Hall–Kier alpha value is -5.31. The molecule has 2 saturated heterocycles. The van der Waals surface area contributed by atoms with Crippen molar-refractivity contribution >= 4 is 28.9 Å². The molecule has 4 fully saturated rings. The number of benzene rings is 2. The van der Waals surface area contributed by atoms with Crippen molar-refractivity contribution in [2.75, 3.05) is 20.2 Å². The number of aromatic amines is 1. The zero-order valence-electron chi connectivity index (χ0n) is 32.6. The van der Waals surface area contributed by atoms with Crippen LogP contribution in [0.1, 0.15) is 108 Å². The molecule has 2 aliphatic carbocycles. The number of hydrogen-bond acceptors (Lipinski definition) is 7. The first-order chi connectivity index (χ1) is 26.3. The molecule has 4 aliphatic rings. The molecule has 2 spiro atoms. The van der Waals surface area contributed by atoms with Crippen molar-refractivity contribution in [1.29, 1.82) is 0 Å². The lowest BCUT2D eigenvalue weighted by Gasteiger charge is -2.30. The van der Waals surface area contributed by atoms with Crippen LogP contribution >= 0.6 is 0 Å². The second-order valence-electron chi connectivity index (χ2n) is 17.3. The highest BCUT2D eigenvalue weighted by molar-refractivity contribution is 5.86. The van der Waals surface area contributed by atoms with Crippen molar-refractivity contribution in [2.24, 2.45) is 28.6 Å². The Morgan fingerprint density at radius 2 is 1.47 bits per heavy atom. The standard InChI is InChI=1S/C43H51N7O5/c1-25(2)27(5)39(51)48-23-42(15-16-42)20-34(48)37-44-31-14-11-29(19-32(31)45-37)8-7-28-9-12-30(13-10-28)33-22-50(54)38(46-33)35-21-43(17-18-43)24-49(35)40(52)36(26(3)4)47-41(53)55-6/h9-14,19,22,25-27,34-36,54H,15-18,20-21,23-24H2,1-6H3,(H,44,45)(H,47,53)/t27-,34-,35-,36-/m0/s1. The second-order valence-corrected chi connectivity index (χ2v) is 17.3. The Morgan fingerprint density at radius 1 is 0.855 bits per heavy atom. The number of nitrogens with zero attached hydrogens (tertiary/aromatic N) is 5. The molecule has 12 nitrogen and oxygen atoms in total. The van der Waals surface area contributed by atoms with Crippen LogP contribution in [0.15, 0.2) is 48.7 Å². The fourth-order valence-electron chi connectivity index (χ4n) is 8.44. The van der Waals surface area contributed by atoms with Crippen molar-refractivity contribution in [3.8, 4) is 23.1 Å². The molecular formula is C43H51N7O5. The molecule has 2 aromatic heterocycles. The normalized spacial score (nSPS) is 21.6. The van der Waals surface area contributed by atoms with E-state index in [1.165, 1.54) is 20.0 Å². The molecule has 55 heavy (non-hydrogen) atoms. The molecule has 8 rings (SSSR count). The number of ether oxygens (including phenoxy) is 1. The van der Waals surface area contributed by atoms with E-state index in [1.807, 2.05) is 63.2 Å². The van der Waals surface area contributed by atoms with Gasteiger partial charge in [0.15, 0.2) is 5.82 Å². The molecular weight excluding hydrogens is 695 g/mol. The summed E-state index contributed by atoms with van der Waals surface area (Å²) < 4.78 is 5.82. The molecule has 3 amide bonds. The predicted octanol–water partition coefficient (Wildman–Crippen LogP) is 6.84. The summed E-state index contributed by atoms with van der Waals surface area (Å²) in [4.78, 5) is 56.6. The van der Waals surface area contributed by atoms with E-state index in [2.05, 4.69) is 40.9 Å². The van der Waals surface area contributed by atoms with Crippen LogP contribution in [0.3, 0.4) is 0 Å². The quantitative estimate of drug-likeness (QED) is 0.132. The number of fused-ring (bicyclic) bond motifs is 1. The number of carbonyl (C=O) groups excluding carboxylic acids is 3. The summed E-state index contributed by atoms with van der Waals surface area (Å²) in [5.41, 5.74) is 5.12. The first-order valence-corrected chi connectivity index (χ1v) is 19.6. The van der Waals surface area contributed by atoms with Gasteiger partial charge in [-0.1, -0.05) is 58.6 Å². The van der Waals surface area contributed by atoms with Gasteiger partial charge in [-0.2, -0.15) is 4.73 Å². The van der Waals surface area contributed by atoms with Crippen molar-refractivity contribution in [1.82, 2.24) is 34.8 Å². The fourth-order valence-corrected chi connectivity index (χ4v) is 8.44. The van der Waals surface area contributed by atoms with E-state index in [9.17, 15) is 19.6 Å². The third-order valence-electron chi connectivity index (χ3n) is 12.6. The Kier molecular flexibility index (Phi) is 9.17. The molecule has 2 aliphatic heterocycles. The van der Waals surface area contributed by atoms with Gasteiger partial charge in [0.05, 0.1) is 42.1 Å². The van der Waals surface area contributed by atoms with Gasteiger partial charge < -0.3 is 30.0 Å². The summed E-state index contributed by atoms with van der Waals surface area (Å²) in [6.45, 7) is 11.4. The van der Waals surface area contributed by atoms with E-state index in [0.29, 0.717) is 24.5 Å². The topological polar surface area (TPSA) is 146 Å². The number of aromatic nitrogens is 4. The van der Waals surface area contributed by atoms with Crippen LogP contribution in [-0.4, -0.2) is 78.8 Å². The third kappa shape index (κ3) is 7.05. The van der Waals surface area contributed by atoms with E-state index in [-0.39, 0.29) is 46.4 Å². The maximum absolute atomic E-state index is 13.8. The van der Waals surface area contributed by atoms with Gasteiger partial charge in [0.1, 0.15) is 11.9 Å². The van der Waals surface area contributed by atoms with Crippen molar-refractivity contribution in [3.05, 3.63) is 71.4 Å². The van der Waals surface area contributed by atoms with E-state index in [4.69, 9.17) is 14.7 Å². The van der Waals surface area contributed by atoms with Crippen LogP contribution in [0.4, 0.5) is 4.79 Å². The maximum atomic E-state index is 13.8. The molecule has 4 heterocycles. The first-order valence-electron chi connectivity index (χ1n) is 19.6. The van der Waals surface area contributed by atoms with Gasteiger partial charge in [-0.25, -0.2) is 14.8 Å². The average Bonchev–Trinajstić information content (AvgIpc) is 3.85. The lowest BCUT2D eigenvalue weighted by atomic mass is 9.96. The molecule has 2 aromatic carbocycles. The van der Waals surface area contributed by atoms with Crippen LogP contribution in [0, 0.1) is 40.4 Å². The minimum absolute atomic E-state index is 0.0207.